The van der Waals surface area contributed by atoms with Crippen LogP contribution in [0, 0.1) is 18.2 Å². The Bertz CT molecular complexity index is 661. The van der Waals surface area contributed by atoms with Crippen molar-refractivity contribution < 1.29 is 37.0 Å². The standard InChI is InChI=1S/C15H15F4NO4/c1-9-2-3-10(16)11(6-9)24-7-12(21)20-5-4-14(8-20,13(22)23)15(17,18)19/h2-3,6H,4-5,7-8H2,1H3,(H,22,23)/t14-/m0/s1. The number of aliphatic carboxylic acids is 1. The van der Waals surface area contributed by atoms with Crippen LogP contribution >= 0.6 is 0 Å². The van der Waals surface area contributed by atoms with E-state index >= 15 is 0 Å². The Morgan fingerprint density at radius 2 is 2.04 bits per heavy atom. The number of ether oxygens (including phenoxy) is 1. The summed E-state index contributed by atoms with van der Waals surface area (Å²) in [5, 5.41) is 8.93. The number of carboxylic acids is 1. The molecule has 1 fully saturated rings. The highest BCUT2D eigenvalue weighted by molar-refractivity contribution is 5.82. The normalized spacial score (nSPS) is 21.0. The Hall–Kier alpha value is -2.32. The number of carbonyl (C=O) groups excluding carboxylic acids is 1. The van der Waals surface area contributed by atoms with Gasteiger partial charge in [0.05, 0.1) is 0 Å². The van der Waals surface area contributed by atoms with Crippen molar-refractivity contribution in [2.24, 2.45) is 5.41 Å². The minimum absolute atomic E-state index is 0.192. The largest absolute Gasteiger partial charge is 0.481 e. The second-order valence-electron chi connectivity index (χ2n) is 5.67. The summed E-state index contributed by atoms with van der Waals surface area (Å²) in [7, 11) is 0. The van der Waals surface area contributed by atoms with Gasteiger partial charge in [0.15, 0.2) is 23.6 Å². The summed E-state index contributed by atoms with van der Waals surface area (Å²) in [4.78, 5) is 23.8. The van der Waals surface area contributed by atoms with Crippen molar-refractivity contribution in [1.82, 2.24) is 4.90 Å². The number of carbonyl (C=O) groups is 2. The molecule has 2 rings (SSSR count). The molecule has 1 N–H and O–H groups in total. The molecule has 1 aliphatic heterocycles. The van der Waals surface area contributed by atoms with Crippen LogP contribution in [0.2, 0.25) is 0 Å². The summed E-state index contributed by atoms with van der Waals surface area (Å²) in [6, 6.07) is 3.99. The first-order valence-corrected chi connectivity index (χ1v) is 7.04. The van der Waals surface area contributed by atoms with E-state index < -0.39 is 48.9 Å². The molecule has 24 heavy (non-hydrogen) atoms. The van der Waals surface area contributed by atoms with E-state index in [0.717, 1.165) is 11.0 Å². The molecule has 0 spiro atoms. The Labute approximate surface area is 134 Å². The Morgan fingerprint density at radius 3 is 2.58 bits per heavy atom. The lowest BCUT2D eigenvalue weighted by Crippen LogP contribution is -2.48. The van der Waals surface area contributed by atoms with Gasteiger partial charge >= 0.3 is 12.1 Å². The van der Waals surface area contributed by atoms with Crippen molar-refractivity contribution in [3.05, 3.63) is 29.6 Å². The van der Waals surface area contributed by atoms with Crippen LogP contribution in [0.1, 0.15) is 12.0 Å². The third kappa shape index (κ3) is 3.29. The number of hydrogen-bond acceptors (Lipinski definition) is 3. The number of aryl methyl sites for hydroxylation is 1. The molecular formula is C15H15F4NO4. The molecule has 1 aromatic rings. The molecule has 9 heteroatoms. The topological polar surface area (TPSA) is 66.8 Å². The number of rotatable bonds is 4. The van der Waals surface area contributed by atoms with Gasteiger partial charge in [0, 0.05) is 13.1 Å². The van der Waals surface area contributed by atoms with Gasteiger partial charge in [-0.15, -0.1) is 0 Å². The Balaban J connectivity index is 2.04. The first kappa shape index (κ1) is 18.0. The van der Waals surface area contributed by atoms with Gasteiger partial charge in [0.25, 0.3) is 5.91 Å². The van der Waals surface area contributed by atoms with E-state index in [-0.39, 0.29) is 12.3 Å². The van der Waals surface area contributed by atoms with Crippen molar-refractivity contribution in [3.63, 3.8) is 0 Å². The van der Waals surface area contributed by atoms with Crippen LogP contribution in [-0.4, -0.2) is 47.8 Å². The highest BCUT2D eigenvalue weighted by atomic mass is 19.4. The van der Waals surface area contributed by atoms with Crippen LogP contribution < -0.4 is 4.74 Å². The van der Waals surface area contributed by atoms with E-state index in [1.54, 1.807) is 6.92 Å². The summed E-state index contributed by atoms with van der Waals surface area (Å²) in [6.45, 7) is -0.332. The highest BCUT2D eigenvalue weighted by Gasteiger charge is 2.64. The van der Waals surface area contributed by atoms with Gasteiger partial charge in [0.2, 0.25) is 0 Å². The molecule has 0 saturated carbocycles. The fourth-order valence-electron chi connectivity index (χ4n) is 2.50. The number of amides is 1. The molecule has 5 nitrogen and oxygen atoms in total. The van der Waals surface area contributed by atoms with Gasteiger partial charge in [-0.25, -0.2) is 4.39 Å². The van der Waals surface area contributed by atoms with E-state index in [9.17, 15) is 27.2 Å². The molecule has 1 heterocycles. The third-order valence-corrected chi connectivity index (χ3v) is 4.01. The van der Waals surface area contributed by atoms with Crippen LogP contribution in [0.25, 0.3) is 0 Å². The fraction of sp³-hybridized carbons (Fsp3) is 0.467. The summed E-state index contributed by atoms with van der Waals surface area (Å²) in [5.41, 5.74) is -2.29. The van der Waals surface area contributed by atoms with Gasteiger partial charge < -0.3 is 14.7 Å². The average molecular weight is 349 g/mol. The first-order valence-electron chi connectivity index (χ1n) is 7.04. The SMILES string of the molecule is Cc1ccc(F)c(OCC(=O)N2CC[C@](C(=O)O)(C(F)(F)F)C2)c1. The van der Waals surface area contributed by atoms with E-state index in [2.05, 4.69) is 0 Å². The number of likely N-dealkylation sites (tertiary alicyclic amines) is 1. The third-order valence-electron chi connectivity index (χ3n) is 4.01. The molecule has 0 aliphatic carbocycles. The number of halogens is 4. The maximum atomic E-state index is 13.5. The molecule has 132 valence electrons. The van der Waals surface area contributed by atoms with Gasteiger partial charge in [-0.2, -0.15) is 13.2 Å². The van der Waals surface area contributed by atoms with E-state index in [0.29, 0.717) is 5.56 Å². The van der Waals surface area contributed by atoms with Crippen LogP contribution in [0.15, 0.2) is 18.2 Å². The number of carboxylic acid groups (broad SMARTS) is 1. The van der Waals surface area contributed by atoms with E-state index in [4.69, 9.17) is 9.84 Å². The Kier molecular flexibility index (Phi) is 4.73. The van der Waals surface area contributed by atoms with Crippen molar-refractivity contribution in [1.29, 1.82) is 0 Å². The van der Waals surface area contributed by atoms with Crippen molar-refractivity contribution in [2.75, 3.05) is 19.7 Å². The lowest BCUT2D eigenvalue weighted by molar-refractivity contribution is -0.227. The van der Waals surface area contributed by atoms with Crippen molar-refractivity contribution in [2.45, 2.75) is 19.5 Å². The zero-order valence-corrected chi connectivity index (χ0v) is 12.7. The van der Waals surface area contributed by atoms with Crippen molar-refractivity contribution >= 4 is 11.9 Å². The second kappa shape index (κ2) is 6.29. The minimum Gasteiger partial charge on any atom is -0.481 e. The molecule has 1 aliphatic rings. The summed E-state index contributed by atoms with van der Waals surface area (Å²) >= 11 is 0. The summed E-state index contributed by atoms with van der Waals surface area (Å²) in [6.07, 6.45) is -5.70. The zero-order valence-electron chi connectivity index (χ0n) is 12.7. The van der Waals surface area contributed by atoms with Gasteiger partial charge in [-0.1, -0.05) is 6.07 Å². The molecule has 0 bridgehead atoms. The van der Waals surface area contributed by atoms with Crippen LogP contribution in [0.3, 0.4) is 0 Å². The molecule has 0 aromatic heterocycles. The van der Waals surface area contributed by atoms with Crippen molar-refractivity contribution in [3.8, 4) is 5.75 Å². The fourth-order valence-corrected chi connectivity index (χ4v) is 2.50. The quantitative estimate of drug-likeness (QED) is 0.848. The molecular weight excluding hydrogens is 334 g/mol. The average Bonchev–Trinajstić information content (AvgIpc) is 2.94. The predicted molar refractivity (Wildman–Crippen MR) is 74.0 cm³/mol. The highest BCUT2D eigenvalue weighted by Crippen LogP contribution is 2.45. The number of alkyl halides is 3. The molecule has 1 aromatic carbocycles. The van der Waals surface area contributed by atoms with E-state index in [1.165, 1.54) is 12.1 Å². The van der Waals surface area contributed by atoms with Gasteiger partial charge in [-0.3, -0.25) is 9.59 Å². The van der Waals surface area contributed by atoms with Crippen LogP contribution in [0.4, 0.5) is 17.6 Å². The lowest BCUT2D eigenvalue weighted by Gasteiger charge is -2.27. The lowest BCUT2D eigenvalue weighted by atomic mass is 9.86. The molecule has 1 saturated heterocycles. The first-order chi connectivity index (χ1) is 11.1. The maximum absolute atomic E-state index is 13.5. The van der Waals surface area contributed by atoms with Crippen LogP contribution in [0.5, 0.6) is 5.75 Å². The molecule has 0 radical (unpaired) electrons. The number of hydrogen-bond donors (Lipinski definition) is 1. The van der Waals surface area contributed by atoms with Crippen LogP contribution in [-0.2, 0) is 9.59 Å². The monoisotopic (exact) mass is 349 g/mol. The number of benzene rings is 1. The minimum atomic E-state index is -4.97. The summed E-state index contributed by atoms with van der Waals surface area (Å²) < 4.78 is 57.7. The maximum Gasteiger partial charge on any atom is 0.406 e. The molecule has 1 amide bonds. The summed E-state index contributed by atoms with van der Waals surface area (Å²) in [5.74, 6) is -3.74. The molecule has 1 atom stereocenters. The smallest absolute Gasteiger partial charge is 0.406 e. The zero-order chi connectivity index (χ0) is 18.1. The Morgan fingerprint density at radius 1 is 1.38 bits per heavy atom. The van der Waals surface area contributed by atoms with Gasteiger partial charge in [0.1, 0.15) is 0 Å². The van der Waals surface area contributed by atoms with Gasteiger partial charge in [-0.05, 0) is 31.0 Å². The molecule has 0 unspecified atom stereocenters. The van der Waals surface area contributed by atoms with E-state index in [1.807, 2.05) is 0 Å². The number of nitrogens with zero attached hydrogens (tertiary/aromatic N) is 1. The predicted octanol–water partition coefficient (Wildman–Crippen LogP) is 2.38. The second-order valence-corrected chi connectivity index (χ2v) is 5.67.